The van der Waals surface area contributed by atoms with Crippen molar-refractivity contribution >= 4 is 27.5 Å². The number of nitrogens with zero attached hydrogens (tertiary/aromatic N) is 2. The summed E-state index contributed by atoms with van der Waals surface area (Å²) < 4.78 is 1.79. The molecular weight excluding hydrogens is 275 g/mol. The molecule has 2 rings (SSSR count). The van der Waals surface area contributed by atoms with E-state index in [0.717, 1.165) is 27.2 Å². The quantitative estimate of drug-likeness (QED) is 0.769. The van der Waals surface area contributed by atoms with Crippen molar-refractivity contribution < 1.29 is 0 Å². The Morgan fingerprint density at radius 1 is 1.47 bits per heavy atom. The number of alkyl halides is 1. The van der Waals surface area contributed by atoms with Crippen molar-refractivity contribution in [3.05, 3.63) is 46.7 Å². The van der Waals surface area contributed by atoms with Crippen LogP contribution in [0.4, 0.5) is 0 Å². The predicted octanol–water partition coefficient (Wildman–Crippen LogP) is 3.73. The van der Waals surface area contributed by atoms with Gasteiger partial charge in [0.15, 0.2) is 0 Å². The van der Waals surface area contributed by atoms with Crippen LogP contribution in [0, 0.1) is 6.92 Å². The molecular formula is C11H10BrClN2. The van der Waals surface area contributed by atoms with E-state index in [1.165, 1.54) is 0 Å². The molecule has 0 unspecified atom stereocenters. The molecule has 15 heavy (non-hydrogen) atoms. The molecule has 4 heteroatoms. The summed E-state index contributed by atoms with van der Waals surface area (Å²) in [6, 6.07) is 5.96. The number of hydrogen-bond donors (Lipinski definition) is 0. The van der Waals surface area contributed by atoms with E-state index in [0.29, 0.717) is 0 Å². The zero-order valence-corrected chi connectivity index (χ0v) is 10.6. The molecule has 0 aliphatic rings. The molecule has 78 valence electrons. The number of aromatic nitrogens is 2. The highest BCUT2D eigenvalue weighted by Crippen LogP contribution is 2.22. The molecule has 1 heterocycles. The second-order valence-corrected chi connectivity index (χ2v) is 4.35. The van der Waals surface area contributed by atoms with Crippen molar-refractivity contribution in [2.45, 2.75) is 12.3 Å². The number of aryl methyl sites for hydroxylation is 1. The molecule has 1 aromatic heterocycles. The van der Waals surface area contributed by atoms with Crippen molar-refractivity contribution in [3.8, 4) is 5.69 Å². The molecule has 0 fully saturated rings. The molecule has 0 bridgehead atoms. The lowest BCUT2D eigenvalue weighted by atomic mass is 10.2. The molecule has 0 saturated carbocycles. The molecule has 1 aromatic carbocycles. The maximum absolute atomic E-state index is 6.17. The SMILES string of the molecule is Cc1cnn(-c2ccc(CBr)cc2Cl)c1. The van der Waals surface area contributed by atoms with Crippen molar-refractivity contribution in [1.82, 2.24) is 9.78 Å². The average Bonchev–Trinajstić information content (AvgIpc) is 2.64. The van der Waals surface area contributed by atoms with Crippen molar-refractivity contribution in [3.63, 3.8) is 0 Å². The third-order valence-corrected chi connectivity index (χ3v) is 3.08. The minimum absolute atomic E-state index is 0.718. The van der Waals surface area contributed by atoms with E-state index in [9.17, 15) is 0 Å². The van der Waals surface area contributed by atoms with Crippen LogP contribution < -0.4 is 0 Å². The van der Waals surface area contributed by atoms with Crippen LogP contribution in [0.3, 0.4) is 0 Å². The first kappa shape index (κ1) is 10.7. The lowest BCUT2D eigenvalue weighted by Crippen LogP contribution is -1.95. The Bertz CT molecular complexity index is 479. The van der Waals surface area contributed by atoms with Gasteiger partial charge in [-0.05, 0) is 30.2 Å². The Hall–Kier alpha value is -0.800. The maximum Gasteiger partial charge on any atom is 0.0832 e. The van der Waals surface area contributed by atoms with E-state index in [4.69, 9.17) is 11.6 Å². The molecule has 2 aromatic rings. The van der Waals surface area contributed by atoms with Crippen molar-refractivity contribution in [2.24, 2.45) is 0 Å². The normalized spacial score (nSPS) is 10.6. The van der Waals surface area contributed by atoms with Gasteiger partial charge in [0.25, 0.3) is 0 Å². The minimum atomic E-state index is 0.718. The van der Waals surface area contributed by atoms with E-state index < -0.39 is 0 Å². The fourth-order valence-corrected chi connectivity index (χ4v) is 2.00. The molecule has 0 radical (unpaired) electrons. The van der Waals surface area contributed by atoms with Gasteiger partial charge in [-0.3, -0.25) is 0 Å². The topological polar surface area (TPSA) is 17.8 Å². The van der Waals surface area contributed by atoms with E-state index in [2.05, 4.69) is 21.0 Å². The van der Waals surface area contributed by atoms with Gasteiger partial charge in [0, 0.05) is 11.5 Å². The van der Waals surface area contributed by atoms with E-state index in [1.807, 2.05) is 37.5 Å². The van der Waals surface area contributed by atoms with Crippen LogP contribution in [0.1, 0.15) is 11.1 Å². The van der Waals surface area contributed by atoms with Crippen LogP contribution in [0.25, 0.3) is 5.69 Å². The van der Waals surface area contributed by atoms with Gasteiger partial charge in [-0.2, -0.15) is 5.10 Å². The second-order valence-electron chi connectivity index (χ2n) is 3.38. The van der Waals surface area contributed by atoms with Gasteiger partial charge in [0.2, 0.25) is 0 Å². The molecule has 0 spiro atoms. The van der Waals surface area contributed by atoms with Gasteiger partial charge < -0.3 is 0 Å². The molecule has 2 nitrogen and oxygen atoms in total. The molecule has 0 saturated heterocycles. The summed E-state index contributed by atoms with van der Waals surface area (Å²) in [7, 11) is 0. The van der Waals surface area contributed by atoms with Crippen LogP contribution in [0.5, 0.6) is 0 Å². The third-order valence-electron chi connectivity index (χ3n) is 2.12. The van der Waals surface area contributed by atoms with Crippen molar-refractivity contribution in [2.75, 3.05) is 0 Å². The highest BCUT2D eigenvalue weighted by molar-refractivity contribution is 9.08. The predicted molar refractivity (Wildman–Crippen MR) is 65.9 cm³/mol. The first-order valence-corrected chi connectivity index (χ1v) is 6.06. The van der Waals surface area contributed by atoms with E-state index >= 15 is 0 Å². The Balaban J connectivity index is 2.45. The number of rotatable bonds is 2. The smallest absolute Gasteiger partial charge is 0.0832 e. The minimum Gasteiger partial charge on any atom is -0.239 e. The first-order chi connectivity index (χ1) is 7.20. The molecule has 0 amide bonds. The highest BCUT2D eigenvalue weighted by atomic mass is 79.9. The Kier molecular flexibility index (Phi) is 3.12. The summed E-state index contributed by atoms with van der Waals surface area (Å²) in [5.74, 6) is 0. The van der Waals surface area contributed by atoms with Crippen LogP contribution in [0.2, 0.25) is 5.02 Å². The highest BCUT2D eigenvalue weighted by Gasteiger charge is 2.04. The van der Waals surface area contributed by atoms with Crippen molar-refractivity contribution in [1.29, 1.82) is 0 Å². The number of halogens is 2. The summed E-state index contributed by atoms with van der Waals surface area (Å²) in [6.07, 6.45) is 3.77. The summed E-state index contributed by atoms with van der Waals surface area (Å²) in [5.41, 5.74) is 3.19. The van der Waals surface area contributed by atoms with Crippen LogP contribution in [-0.2, 0) is 5.33 Å². The van der Waals surface area contributed by atoms with Crippen LogP contribution in [-0.4, -0.2) is 9.78 Å². The van der Waals surface area contributed by atoms with Crippen LogP contribution in [0.15, 0.2) is 30.6 Å². The standard InChI is InChI=1S/C11H10BrClN2/c1-8-6-14-15(7-8)11-3-2-9(5-12)4-10(11)13/h2-4,6-7H,5H2,1H3. The van der Waals surface area contributed by atoms with E-state index in [1.54, 1.807) is 4.68 Å². The molecule has 0 aliphatic heterocycles. The lowest BCUT2D eigenvalue weighted by Gasteiger charge is -2.05. The van der Waals surface area contributed by atoms with Gasteiger partial charge in [-0.1, -0.05) is 33.6 Å². The number of benzene rings is 1. The summed E-state index contributed by atoms with van der Waals surface area (Å²) >= 11 is 9.57. The van der Waals surface area contributed by atoms with Crippen LogP contribution >= 0.6 is 27.5 Å². The number of hydrogen-bond acceptors (Lipinski definition) is 1. The van der Waals surface area contributed by atoms with Gasteiger partial charge in [-0.15, -0.1) is 0 Å². The third kappa shape index (κ3) is 2.24. The van der Waals surface area contributed by atoms with Gasteiger partial charge >= 0.3 is 0 Å². The Morgan fingerprint density at radius 3 is 2.80 bits per heavy atom. The van der Waals surface area contributed by atoms with Gasteiger partial charge in [0.05, 0.1) is 16.9 Å². The zero-order valence-electron chi connectivity index (χ0n) is 8.24. The monoisotopic (exact) mass is 284 g/mol. The van der Waals surface area contributed by atoms with Gasteiger partial charge in [-0.25, -0.2) is 4.68 Å². The molecule has 0 aliphatic carbocycles. The summed E-state index contributed by atoms with van der Waals surface area (Å²) in [4.78, 5) is 0. The lowest BCUT2D eigenvalue weighted by molar-refractivity contribution is 0.880. The van der Waals surface area contributed by atoms with Gasteiger partial charge in [0.1, 0.15) is 0 Å². The Labute approximate surface area is 102 Å². The maximum atomic E-state index is 6.17. The molecule has 0 atom stereocenters. The largest absolute Gasteiger partial charge is 0.239 e. The van der Waals surface area contributed by atoms with E-state index in [-0.39, 0.29) is 0 Å². The zero-order chi connectivity index (χ0) is 10.8. The fourth-order valence-electron chi connectivity index (χ4n) is 1.36. The fraction of sp³-hybridized carbons (Fsp3) is 0.182. The average molecular weight is 286 g/mol. The summed E-state index contributed by atoms with van der Waals surface area (Å²) in [6.45, 7) is 2.00. The summed E-state index contributed by atoms with van der Waals surface area (Å²) in [5, 5.41) is 5.75. The first-order valence-electron chi connectivity index (χ1n) is 4.57. The molecule has 0 N–H and O–H groups in total. The second kappa shape index (κ2) is 4.37. The Morgan fingerprint density at radius 2 is 2.27 bits per heavy atom.